The van der Waals surface area contributed by atoms with Crippen LogP contribution in [-0.2, 0) is 9.47 Å². The van der Waals surface area contributed by atoms with E-state index in [0.29, 0.717) is 37.1 Å². The van der Waals surface area contributed by atoms with Gasteiger partial charge in [0.2, 0.25) is 0 Å². The third-order valence-electron chi connectivity index (χ3n) is 6.23. The molecule has 3 atom stereocenters. The summed E-state index contributed by atoms with van der Waals surface area (Å²) in [7, 11) is 1.30. The molecule has 2 bridgehead atoms. The summed E-state index contributed by atoms with van der Waals surface area (Å²) in [4.78, 5) is 37.9. The van der Waals surface area contributed by atoms with Crippen molar-refractivity contribution in [3.63, 3.8) is 0 Å². The monoisotopic (exact) mass is 515 g/mol. The summed E-state index contributed by atoms with van der Waals surface area (Å²) in [5.41, 5.74) is 0.955. The number of thioether (sulfide) groups is 1. The molecule has 12 heteroatoms. The van der Waals surface area contributed by atoms with E-state index in [-0.39, 0.29) is 28.3 Å². The third kappa shape index (κ3) is 5.35. The fourth-order valence-corrected chi connectivity index (χ4v) is 5.17. The van der Waals surface area contributed by atoms with Gasteiger partial charge in [0, 0.05) is 30.6 Å². The molecule has 2 N–H and O–H groups in total. The largest absolute Gasteiger partial charge is 0.492 e. The van der Waals surface area contributed by atoms with Crippen LogP contribution in [0.1, 0.15) is 30.8 Å². The number of methoxy groups -OCH3 is 1. The SMILES string of the molecule is COC(=O)c1ccc2c(n1)N(C(=O)Nc1cc(OCC3SC3COC(C)(C)O)ccn1)C1CCN2C1. The Kier molecular flexibility index (Phi) is 6.66. The van der Waals surface area contributed by atoms with Gasteiger partial charge < -0.3 is 24.2 Å². The molecular formula is C24H29N5O6S. The molecule has 3 aliphatic heterocycles. The topological polar surface area (TPSA) is 126 Å². The van der Waals surface area contributed by atoms with E-state index in [4.69, 9.17) is 14.2 Å². The molecule has 0 radical (unpaired) electrons. The molecule has 0 spiro atoms. The number of carbonyl (C=O) groups is 2. The average Bonchev–Trinajstić information content (AvgIpc) is 3.49. The molecule has 2 aromatic heterocycles. The maximum Gasteiger partial charge on any atom is 0.356 e. The van der Waals surface area contributed by atoms with E-state index in [1.165, 1.54) is 7.11 Å². The minimum atomic E-state index is -1.14. The normalized spacial score (nSPS) is 22.2. The highest BCUT2D eigenvalue weighted by Gasteiger charge is 2.41. The van der Waals surface area contributed by atoms with Crippen molar-refractivity contribution in [1.29, 1.82) is 0 Å². The number of pyridine rings is 2. The number of urea groups is 1. The zero-order valence-corrected chi connectivity index (χ0v) is 21.2. The number of carbonyl (C=O) groups excluding carboxylic acids is 2. The van der Waals surface area contributed by atoms with Gasteiger partial charge in [-0.05, 0) is 38.5 Å². The summed E-state index contributed by atoms with van der Waals surface area (Å²) in [5.74, 6) is -0.322. The van der Waals surface area contributed by atoms with Gasteiger partial charge >= 0.3 is 12.0 Å². The zero-order valence-electron chi connectivity index (χ0n) is 20.3. The number of aromatic nitrogens is 2. The van der Waals surface area contributed by atoms with Gasteiger partial charge in [-0.2, -0.15) is 0 Å². The van der Waals surface area contributed by atoms with Crippen LogP contribution < -0.4 is 19.9 Å². The molecule has 0 aromatic carbocycles. The van der Waals surface area contributed by atoms with Crippen molar-refractivity contribution in [3.8, 4) is 5.75 Å². The Labute approximate surface area is 213 Å². The number of hydrogen-bond donors (Lipinski definition) is 2. The second-order valence-corrected chi connectivity index (χ2v) is 10.9. The van der Waals surface area contributed by atoms with Crippen molar-refractivity contribution in [2.24, 2.45) is 0 Å². The fraction of sp³-hybridized carbons (Fsp3) is 0.500. The number of rotatable bonds is 8. The first-order valence-electron chi connectivity index (χ1n) is 11.8. The highest BCUT2D eigenvalue weighted by Crippen LogP contribution is 2.42. The number of amides is 2. The number of ether oxygens (including phenoxy) is 3. The molecule has 0 saturated carbocycles. The van der Waals surface area contributed by atoms with Crippen molar-refractivity contribution in [2.45, 2.75) is 42.6 Å². The van der Waals surface area contributed by atoms with Crippen LogP contribution in [0.15, 0.2) is 30.5 Å². The van der Waals surface area contributed by atoms with E-state index in [1.54, 1.807) is 61.0 Å². The molecule has 2 saturated heterocycles. The Morgan fingerprint density at radius 1 is 1.25 bits per heavy atom. The lowest BCUT2D eigenvalue weighted by molar-refractivity contribution is -0.174. The quantitative estimate of drug-likeness (QED) is 0.308. The first-order chi connectivity index (χ1) is 17.2. The molecule has 11 nitrogen and oxygen atoms in total. The summed E-state index contributed by atoms with van der Waals surface area (Å²) in [5, 5.41) is 13.1. The van der Waals surface area contributed by atoms with E-state index >= 15 is 0 Å². The molecule has 192 valence electrons. The van der Waals surface area contributed by atoms with Crippen molar-refractivity contribution < 1.29 is 28.9 Å². The highest BCUT2D eigenvalue weighted by atomic mass is 32.2. The number of aliphatic hydroxyl groups is 1. The van der Waals surface area contributed by atoms with Crippen LogP contribution in [0.5, 0.6) is 5.75 Å². The molecule has 2 aromatic rings. The second kappa shape index (κ2) is 9.75. The van der Waals surface area contributed by atoms with Crippen LogP contribution in [0, 0.1) is 0 Å². The number of anilines is 3. The molecule has 2 fully saturated rings. The van der Waals surface area contributed by atoms with Crippen LogP contribution in [0.3, 0.4) is 0 Å². The summed E-state index contributed by atoms with van der Waals surface area (Å²) in [6.45, 7) is 5.67. The van der Waals surface area contributed by atoms with Crippen LogP contribution in [0.25, 0.3) is 0 Å². The average molecular weight is 516 g/mol. The van der Waals surface area contributed by atoms with E-state index in [9.17, 15) is 14.7 Å². The van der Waals surface area contributed by atoms with Gasteiger partial charge in [0.05, 0.1) is 30.7 Å². The van der Waals surface area contributed by atoms with Gasteiger partial charge in [-0.15, -0.1) is 11.8 Å². The molecule has 2 amide bonds. The Morgan fingerprint density at radius 3 is 2.83 bits per heavy atom. The summed E-state index contributed by atoms with van der Waals surface area (Å²) < 4.78 is 16.1. The van der Waals surface area contributed by atoms with Gasteiger partial charge in [0.25, 0.3) is 0 Å². The summed E-state index contributed by atoms with van der Waals surface area (Å²) in [6.07, 6.45) is 2.38. The van der Waals surface area contributed by atoms with Crippen molar-refractivity contribution >= 4 is 41.1 Å². The number of nitrogens with one attached hydrogen (secondary N) is 1. The fourth-order valence-electron chi connectivity index (χ4n) is 4.37. The molecule has 5 rings (SSSR count). The van der Waals surface area contributed by atoms with Crippen molar-refractivity contribution in [2.75, 3.05) is 48.5 Å². The molecule has 0 aliphatic carbocycles. The van der Waals surface area contributed by atoms with E-state index in [0.717, 1.165) is 18.7 Å². The molecule has 3 aliphatic rings. The van der Waals surface area contributed by atoms with E-state index in [1.807, 2.05) is 0 Å². The predicted molar refractivity (Wildman–Crippen MR) is 135 cm³/mol. The first-order valence-corrected chi connectivity index (χ1v) is 12.7. The number of esters is 1. The Hall–Kier alpha value is -3.09. The number of hydrogen-bond acceptors (Lipinski definition) is 10. The van der Waals surface area contributed by atoms with Gasteiger partial charge in [-0.3, -0.25) is 10.2 Å². The minimum Gasteiger partial charge on any atom is -0.492 e. The Morgan fingerprint density at radius 2 is 2.06 bits per heavy atom. The standard InChI is InChI=1S/C24H29N5O6S/c1-24(2,32)35-13-19-18(36-19)12-34-15-6-8-25-20(10-15)27-23(31)29-14-7-9-28(11-14)17-5-4-16(22(30)33-3)26-21(17)29/h4-6,8,10,14,18-19,32H,7,9,11-13H2,1-3H3,(H,25,27,31). The molecule has 3 unspecified atom stereocenters. The van der Waals surface area contributed by atoms with Crippen molar-refractivity contribution in [1.82, 2.24) is 9.97 Å². The Bertz CT molecular complexity index is 1160. The maximum atomic E-state index is 13.4. The van der Waals surface area contributed by atoms with Gasteiger partial charge in [0.1, 0.15) is 18.2 Å². The third-order valence-corrected chi connectivity index (χ3v) is 7.55. The predicted octanol–water partition coefficient (Wildman–Crippen LogP) is 2.50. The first kappa shape index (κ1) is 24.6. The van der Waals surface area contributed by atoms with Crippen LogP contribution in [-0.4, -0.2) is 82.8 Å². The van der Waals surface area contributed by atoms with Gasteiger partial charge in [0.15, 0.2) is 17.3 Å². The van der Waals surface area contributed by atoms with E-state index in [2.05, 4.69) is 20.2 Å². The molecular weight excluding hydrogens is 486 g/mol. The smallest absolute Gasteiger partial charge is 0.356 e. The van der Waals surface area contributed by atoms with Gasteiger partial charge in [-0.25, -0.2) is 19.6 Å². The lowest BCUT2D eigenvalue weighted by Crippen LogP contribution is -2.48. The minimum absolute atomic E-state index is 0.0627. The van der Waals surface area contributed by atoms with Crippen LogP contribution >= 0.6 is 11.8 Å². The van der Waals surface area contributed by atoms with Crippen molar-refractivity contribution in [3.05, 3.63) is 36.2 Å². The molecule has 5 heterocycles. The number of fused-ring (bicyclic) bond motifs is 4. The summed E-state index contributed by atoms with van der Waals surface area (Å²) >= 11 is 1.74. The second-order valence-electron chi connectivity index (χ2n) is 9.38. The van der Waals surface area contributed by atoms with Crippen LogP contribution in [0.4, 0.5) is 22.1 Å². The van der Waals surface area contributed by atoms with Gasteiger partial charge in [-0.1, -0.05) is 0 Å². The van der Waals surface area contributed by atoms with E-state index < -0.39 is 11.8 Å². The lowest BCUT2D eigenvalue weighted by Gasteiger charge is -2.35. The maximum absolute atomic E-state index is 13.4. The Balaban J connectivity index is 1.24. The van der Waals surface area contributed by atoms with Crippen LogP contribution in [0.2, 0.25) is 0 Å². The summed E-state index contributed by atoms with van der Waals surface area (Å²) in [6, 6.07) is 6.40. The lowest BCUT2D eigenvalue weighted by atomic mass is 10.2. The molecule has 36 heavy (non-hydrogen) atoms. The highest BCUT2D eigenvalue weighted by molar-refractivity contribution is 8.07. The number of nitrogens with zero attached hydrogens (tertiary/aromatic N) is 4. The zero-order chi connectivity index (χ0) is 25.4.